The fourth-order valence-corrected chi connectivity index (χ4v) is 1.89. The van der Waals surface area contributed by atoms with Gasteiger partial charge in [0.2, 0.25) is 0 Å². The van der Waals surface area contributed by atoms with Crippen molar-refractivity contribution in [2.75, 3.05) is 13.2 Å². The van der Waals surface area contributed by atoms with Crippen LogP contribution in [0.5, 0.6) is 5.75 Å². The molecule has 0 bridgehead atoms. The first-order valence-corrected chi connectivity index (χ1v) is 7.01. The van der Waals surface area contributed by atoms with Crippen molar-refractivity contribution in [3.63, 3.8) is 0 Å². The molecule has 0 unspecified atom stereocenters. The predicted octanol–water partition coefficient (Wildman–Crippen LogP) is 2.01. The maximum absolute atomic E-state index is 13.7. The normalized spacial score (nSPS) is 10.7. The van der Waals surface area contributed by atoms with Crippen LogP contribution in [0.25, 0.3) is 0 Å². The molecule has 0 saturated carbocycles. The molecule has 1 amide bonds. The van der Waals surface area contributed by atoms with E-state index in [1.807, 2.05) is 13.8 Å². The van der Waals surface area contributed by atoms with E-state index in [4.69, 9.17) is 10.5 Å². The van der Waals surface area contributed by atoms with E-state index < -0.39 is 5.82 Å². The summed E-state index contributed by atoms with van der Waals surface area (Å²) in [7, 11) is 0. The fourth-order valence-electron chi connectivity index (χ4n) is 1.89. The van der Waals surface area contributed by atoms with Gasteiger partial charge in [-0.2, -0.15) is 0 Å². The Morgan fingerprint density at radius 1 is 1.40 bits per heavy atom. The van der Waals surface area contributed by atoms with Crippen LogP contribution in [0.4, 0.5) is 4.39 Å². The van der Waals surface area contributed by atoms with Gasteiger partial charge in [-0.1, -0.05) is 19.9 Å². The van der Waals surface area contributed by atoms with Crippen LogP contribution in [-0.2, 0) is 11.2 Å². The molecule has 0 radical (unpaired) electrons. The van der Waals surface area contributed by atoms with Crippen molar-refractivity contribution in [3.8, 4) is 5.75 Å². The smallest absolute Gasteiger partial charge is 0.258 e. The molecule has 1 rings (SSSR count). The van der Waals surface area contributed by atoms with Gasteiger partial charge in [0.15, 0.2) is 18.2 Å². The zero-order valence-corrected chi connectivity index (χ0v) is 12.1. The lowest BCUT2D eigenvalue weighted by Crippen LogP contribution is -2.37. The summed E-state index contributed by atoms with van der Waals surface area (Å²) in [6.07, 6.45) is 2.35. The molecule has 20 heavy (non-hydrogen) atoms. The molecule has 5 heteroatoms. The topological polar surface area (TPSA) is 64.3 Å². The van der Waals surface area contributed by atoms with Gasteiger partial charge in [0.25, 0.3) is 5.91 Å². The van der Waals surface area contributed by atoms with E-state index in [-0.39, 0.29) is 24.3 Å². The van der Waals surface area contributed by atoms with Crippen LogP contribution >= 0.6 is 0 Å². The molecular formula is C15H23FN2O2. The minimum Gasteiger partial charge on any atom is -0.481 e. The van der Waals surface area contributed by atoms with Crippen LogP contribution in [0.1, 0.15) is 32.3 Å². The van der Waals surface area contributed by atoms with Gasteiger partial charge in [0.05, 0.1) is 0 Å². The van der Waals surface area contributed by atoms with Gasteiger partial charge in [-0.3, -0.25) is 4.79 Å². The monoisotopic (exact) mass is 282 g/mol. The first-order valence-electron chi connectivity index (χ1n) is 7.01. The Kier molecular flexibility index (Phi) is 7.01. The number of nitrogens with one attached hydrogen (secondary N) is 1. The second-order valence-electron chi connectivity index (χ2n) is 4.67. The third kappa shape index (κ3) is 5.17. The van der Waals surface area contributed by atoms with Gasteiger partial charge in [-0.15, -0.1) is 0 Å². The minimum absolute atomic E-state index is 0.0884. The summed E-state index contributed by atoms with van der Waals surface area (Å²) in [5.41, 5.74) is 6.23. The summed E-state index contributed by atoms with van der Waals surface area (Å²) in [4.78, 5) is 11.7. The molecule has 1 aromatic carbocycles. The van der Waals surface area contributed by atoms with Gasteiger partial charge in [0, 0.05) is 6.04 Å². The van der Waals surface area contributed by atoms with E-state index in [0.717, 1.165) is 18.4 Å². The molecule has 0 saturated heterocycles. The maximum atomic E-state index is 13.7. The van der Waals surface area contributed by atoms with Crippen LogP contribution in [0, 0.1) is 5.82 Å². The molecule has 0 aromatic heterocycles. The Labute approximate surface area is 119 Å². The summed E-state index contributed by atoms with van der Waals surface area (Å²) >= 11 is 0. The first kappa shape index (κ1) is 16.4. The maximum Gasteiger partial charge on any atom is 0.258 e. The quantitative estimate of drug-likeness (QED) is 0.766. The number of carbonyl (C=O) groups excluding carboxylic acids is 1. The van der Waals surface area contributed by atoms with Gasteiger partial charge >= 0.3 is 0 Å². The van der Waals surface area contributed by atoms with E-state index >= 15 is 0 Å². The number of amides is 1. The summed E-state index contributed by atoms with van der Waals surface area (Å²) in [6.45, 7) is 4.30. The molecule has 0 heterocycles. The van der Waals surface area contributed by atoms with E-state index in [1.165, 1.54) is 12.1 Å². The highest BCUT2D eigenvalue weighted by atomic mass is 19.1. The van der Waals surface area contributed by atoms with Gasteiger partial charge in [-0.25, -0.2) is 4.39 Å². The average molecular weight is 282 g/mol. The lowest BCUT2D eigenvalue weighted by molar-refractivity contribution is -0.123. The molecule has 1 aromatic rings. The van der Waals surface area contributed by atoms with E-state index in [0.29, 0.717) is 13.0 Å². The van der Waals surface area contributed by atoms with Crippen LogP contribution in [0.15, 0.2) is 18.2 Å². The Morgan fingerprint density at radius 2 is 2.10 bits per heavy atom. The summed E-state index contributed by atoms with van der Waals surface area (Å²) in [5, 5.41) is 2.83. The van der Waals surface area contributed by atoms with E-state index in [9.17, 15) is 9.18 Å². The van der Waals surface area contributed by atoms with Crippen molar-refractivity contribution >= 4 is 5.91 Å². The molecule has 0 aliphatic heterocycles. The third-order valence-corrected chi connectivity index (χ3v) is 3.14. The largest absolute Gasteiger partial charge is 0.481 e. The van der Waals surface area contributed by atoms with Crippen LogP contribution < -0.4 is 15.8 Å². The van der Waals surface area contributed by atoms with Crippen molar-refractivity contribution in [2.24, 2.45) is 5.73 Å². The number of nitrogens with two attached hydrogens (primary N) is 1. The molecular weight excluding hydrogens is 259 g/mol. The Hall–Kier alpha value is -1.62. The summed E-state index contributed by atoms with van der Waals surface area (Å²) in [6, 6.07) is 4.82. The van der Waals surface area contributed by atoms with Crippen LogP contribution in [0.3, 0.4) is 0 Å². The zero-order chi connectivity index (χ0) is 15.0. The molecule has 3 N–H and O–H groups in total. The Morgan fingerprint density at radius 3 is 2.65 bits per heavy atom. The first-order chi connectivity index (χ1) is 9.60. The molecule has 0 aliphatic carbocycles. The second-order valence-corrected chi connectivity index (χ2v) is 4.67. The third-order valence-electron chi connectivity index (χ3n) is 3.14. The Balaban J connectivity index is 2.51. The van der Waals surface area contributed by atoms with Crippen molar-refractivity contribution < 1.29 is 13.9 Å². The highest BCUT2D eigenvalue weighted by molar-refractivity contribution is 5.77. The fraction of sp³-hybridized carbons (Fsp3) is 0.533. The Bertz CT molecular complexity index is 434. The number of rotatable bonds is 8. The highest BCUT2D eigenvalue weighted by Crippen LogP contribution is 2.18. The van der Waals surface area contributed by atoms with Gasteiger partial charge in [-0.05, 0) is 43.5 Å². The molecule has 0 spiro atoms. The second kappa shape index (κ2) is 8.53. The number of benzene rings is 1. The van der Waals surface area contributed by atoms with E-state index in [2.05, 4.69) is 5.32 Å². The molecule has 112 valence electrons. The standard InChI is InChI=1S/C15H23FN2O2/c1-3-12(4-2)18-15(19)10-20-14-6-5-11(7-8-17)9-13(14)16/h5-6,9,12H,3-4,7-8,10,17H2,1-2H3,(H,18,19). The summed E-state index contributed by atoms with van der Waals surface area (Å²) in [5.74, 6) is -0.610. The number of carbonyl (C=O) groups is 1. The molecule has 4 nitrogen and oxygen atoms in total. The van der Waals surface area contributed by atoms with Gasteiger partial charge < -0.3 is 15.8 Å². The van der Waals surface area contributed by atoms with Crippen LogP contribution in [-0.4, -0.2) is 25.1 Å². The molecule has 0 aliphatic rings. The SMILES string of the molecule is CCC(CC)NC(=O)COc1ccc(CCN)cc1F. The lowest BCUT2D eigenvalue weighted by Gasteiger charge is -2.15. The number of halogens is 1. The summed E-state index contributed by atoms with van der Waals surface area (Å²) < 4.78 is 18.9. The molecule has 0 fully saturated rings. The highest BCUT2D eigenvalue weighted by Gasteiger charge is 2.10. The van der Waals surface area contributed by atoms with E-state index in [1.54, 1.807) is 6.07 Å². The number of hydrogen-bond donors (Lipinski definition) is 2. The minimum atomic E-state index is -0.466. The number of ether oxygens (including phenoxy) is 1. The average Bonchev–Trinajstić information content (AvgIpc) is 2.44. The van der Waals surface area contributed by atoms with Crippen LogP contribution in [0.2, 0.25) is 0 Å². The number of hydrogen-bond acceptors (Lipinski definition) is 3. The molecule has 0 atom stereocenters. The predicted molar refractivity (Wildman–Crippen MR) is 77.2 cm³/mol. The van der Waals surface area contributed by atoms with Crippen molar-refractivity contribution in [3.05, 3.63) is 29.6 Å². The van der Waals surface area contributed by atoms with Crippen molar-refractivity contribution in [1.82, 2.24) is 5.32 Å². The van der Waals surface area contributed by atoms with Crippen molar-refractivity contribution in [1.29, 1.82) is 0 Å². The van der Waals surface area contributed by atoms with Gasteiger partial charge in [0.1, 0.15) is 0 Å². The van der Waals surface area contributed by atoms with Crippen molar-refractivity contribution in [2.45, 2.75) is 39.2 Å². The zero-order valence-electron chi connectivity index (χ0n) is 12.1. The lowest BCUT2D eigenvalue weighted by atomic mass is 10.1.